The van der Waals surface area contributed by atoms with E-state index in [1.165, 1.54) is 10.4 Å². The predicted molar refractivity (Wildman–Crippen MR) is 112 cm³/mol. The van der Waals surface area contributed by atoms with Crippen molar-refractivity contribution in [2.24, 2.45) is 0 Å². The van der Waals surface area contributed by atoms with Crippen LogP contribution in [0, 0.1) is 0 Å². The van der Waals surface area contributed by atoms with Crippen molar-refractivity contribution in [2.75, 3.05) is 13.7 Å². The quantitative estimate of drug-likeness (QED) is 0.490. The Bertz CT molecular complexity index is 1110. The Hall–Kier alpha value is -3.03. The average molecular weight is 404 g/mol. The molecule has 0 fully saturated rings. The third kappa shape index (κ3) is 3.79. The zero-order valence-electron chi connectivity index (χ0n) is 16.0. The number of hydrogen-bond donors (Lipinski definition) is 0. The first-order valence-electron chi connectivity index (χ1n) is 9.48. The van der Waals surface area contributed by atoms with Crippen molar-refractivity contribution in [2.45, 2.75) is 19.5 Å². The lowest BCUT2D eigenvalue weighted by molar-refractivity contribution is 0.245. The fraction of sp³-hybridized carbons (Fsp3) is 0.227. The maximum Gasteiger partial charge on any atom is 0.195 e. The van der Waals surface area contributed by atoms with Gasteiger partial charge in [0.25, 0.3) is 0 Å². The molecule has 7 heteroatoms. The minimum Gasteiger partial charge on any atom is -0.497 e. The molecule has 0 amide bonds. The molecule has 0 atom stereocenters. The van der Waals surface area contributed by atoms with Crippen molar-refractivity contribution in [1.82, 2.24) is 19.9 Å². The summed E-state index contributed by atoms with van der Waals surface area (Å²) in [5, 5.41) is 1.03. The van der Waals surface area contributed by atoms with E-state index in [4.69, 9.17) is 14.1 Å². The van der Waals surface area contributed by atoms with Gasteiger partial charge in [-0.3, -0.25) is 4.90 Å². The molecule has 0 unspecified atom stereocenters. The molecule has 0 saturated heterocycles. The molecular formula is C22H20N4O2S. The third-order valence-electron chi connectivity index (χ3n) is 5.02. The number of rotatable bonds is 5. The molecule has 3 aromatic heterocycles. The van der Waals surface area contributed by atoms with E-state index < -0.39 is 0 Å². The van der Waals surface area contributed by atoms with E-state index in [2.05, 4.69) is 14.9 Å². The van der Waals surface area contributed by atoms with Crippen LogP contribution in [0.25, 0.3) is 22.2 Å². The topological polar surface area (TPSA) is 64.3 Å². The van der Waals surface area contributed by atoms with Gasteiger partial charge in [-0.25, -0.2) is 15.0 Å². The van der Waals surface area contributed by atoms with Crippen molar-refractivity contribution >= 4 is 11.3 Å². The van der Waals surface area contributed by atoms with E-state index >= 15 is 0 Å². The molecule has 0 radical (unpaired) electrons. The van der Waals surface area contributed by atoms with E-state index in [9.17, 15) is 0 Å². The van der Waals surface area contributed by atoms with Crippen LogP contribution in [-0.4, -0.2) is 33.5 Å². The van der Waals surface area contributed by atoms with Gasteiger partial charge in [0.05, 0.1) is 19.1 Å². The number of ether oxygens (including phenoxy) is 1. The average Bonchev–Trinajstić information content (AvgIpc) is 3.46. The molecule has 0 saturated carbocycles. The molecule has 29 heavy (non-hydrogen) atoms. The number of furan rings is 1. The van der Waals surface area contributed by atoms with Crippen molar-refractivity contribution in [1.29, 1.82) is 0 Å². The molecular weight excluding hydrogens is 384 g/mol. The molecule has 0 bridgehead atoms. The van der Waals surface area contributed by atoms with Gasteiger partial charge in [-0.1, -0.05) is 0 Å². The summed E-state index contributed by atoms with van der Waals surface area (Å²) in [6.45, 7) is 2.70. The number of thiazole rings is 1. The van der Waals surface area contributed by atoms with Gasteiger partial charge in [-0.15, -0.1) is 11.3 Å². The molecule has 0 spiro atoms. The smallest absolute Gasteiger partial charge is 0.195 e. The molecule has 5 rings (SSSR count). The third-order valence-corrected chi connectivity index (χ3v) is 6.06. The van der Waals surface area contributed by atoms with Gasteiger partial charge in [0.1, 0.15) is 10.8 Å². The molecule has 1 aliphatic heterocycles. The lowest BCUT2D eigenvalue weighted by Crippen LogP contribution is -2.30. The van der Waals surface area contributed by atoms with E-state index in [0.29, 0.717) is 11.6 Å². The monoisotopic (exact) mass is 404 g/mol. The number of methoxy groups -OCH3 is 1. The van der Waals surface area contributed by atoms with E-state index in [0.717, 1.165) is 48.1 Å². The first-order valence-corrected chi connectivity index (χ1v) is 10.3. The summed E-state index contributed by atoms with van der Waals surface area (Å²) in [6, 6.07) is 11.8. The first-order chi connectivity index (χ1) is 14.3. The van der Waals surface area contributed by atoms with Gasteiger partial charge >= 0.3 is 0 Å². The minimum absolute atomic E-state index is 0.661. The molecule has 1 aliphatic rings. The highest BCUT2D eigenvalue weighted by Crippen LogP contribution is 2.29. The van der Waals surface area contributed by atoms with Crippen molar-refractivity contribution in [3.8, 4) is 27.9 Å². The number of nitrogens with zero attached hydrogens (tertiary/aromatic N) is 4. The van der Waals surface area contributed by atoms with Crippen molar-refractivity contribution in [3.05, 3.63) is 71.2 Å². The number of aromatic nitrogens is 3. The van der Waals surface area contributed by atoms with Gasteiger partial charge < -0.3 is 9.15 Å². The van der Waals surface area contributed by atoms with Crippen LogP contribution in [0.3, 0.4) is 0 Å². The van der Waals surface area contributed by atoms with Gasteiger partial charge in [0.2, 0.25) is 0 Å². The summed E-state index contributed by atoms with van der Waals surface area (Å²) < 4.78 is 10.6. The van der Waals surface area contributed by atoms with E-state index in [1.807, 2.05) is 48.8 Å². The lowest BCUT2D eigenvalue weighted by Gasteiger charge is -2.27. The van der Waals surface area contributed by atoms with E-state index in [1.54, 1.807) is 24.7 Å². The summed E-state index contributed by atoms with van der Waals surface area (Å²) in [6.07, 6.45) is 6.48. The molecule has 4 heterocycles. The van der Waals surface area contributed by atoms with Crippen LogP contribution in [0.4, 0.5) is 0 Å². The zero-order chi connectivity index (χ0) is 19.6. The van der Waals surface area contributed by atoms with Crippen LogP contribution in [-0.2, 0) is 19.5 Å². The van der Waals surface area contributed by atoms with Crippen LogP contribution in [0.1, 0.15) is 16.1 Å². The first kappa shape index (κ1) is 18.0. The van der Waals surface area contributed by atoms with Crippen LogP contribution in [0.5, 0.6) is 5.75 Å². The molecule has 0 N–H and O–H groups in total. The Kier molecular flexibility index (Phi) is 4.83. The van der Waals surface area contributed by atoms with Gasteiger partial charge in [-0.2, -0.15) is 0 Å². The largest absolute Gasteiger partial charge is 0.497 e. The van der Waals surface area contributed by atoms with Crippen molar-refractivity contribution < 1.29 is 9.15 Å². The number of hydrogen-bond acceptors (Lipinski definition) is 7. The van der Waals surface area contributed by atoms with Crippen LogP contribution in [0.2, 0.25) is 0 Å². The second-order valence-electron chi connectivity index (χ2n) is 6.96. The number of benzene rings is 1. The lowest BCUT2D eigenvalue weighted by atomic mass is 10.1. The molecule has 4 aromatic rings. The Labute approximate surface area is 172 Å². The van der Waals surface area contributed by atoms with Crippen LogP contribution in [0.15, 0.2) is 59.5 Å². The molecule has 0 aliphatic carbocycles. The SMILES string of the molecule is COc1ccc(-c2ncc(CN3CCc4nc(-c5ccco5)ncc4C3)s2)cc1. The fourth-order valence-corrected chi connectivity index (χ4v) is 4.46. The zero-order valence-corrected chi connectivity index (χ0v) is 16.9. The molecule has 146 valence electrons. The highest BCUT2D eigenvalue weighted by atomic mass is 32.1. The second-order valence-corrected chi connectivity index (χ2v) is 8.08. The van der Waals surface area contributed by atoms with Gasteiger partial charge in [0, 0.05) is 54.5 Å². The van der Waals surface area contributed by atoms with Crippen molar-refractivity contribution in [3.63, 3.8) is 0 Å². The summed E-state index contributed by atoms with van der Waals surface area (Å²) in [5.41, 5.74) is 3.42. The predicted octanol–water partition coefficient (Wildman–Crippen LogP) is 4.43. The van der Waals surface area contributed by atoms with E-state index in [-0.39, 0.29) is 0 Å². The highest BCUT2D eigenvalue weighted by molar-refractivity contribution is 7.15. The van der Waals surface area contributed by atoms with Crippen LogP contribution >= 0.6 is 11.3 Å². The summed E-state index contributed by atoms with van der Waals surface area (Å²) in [4.78, 5) is 17.5. The summed E-state index contributed by atoms with van der Waals surface area (Å²) >= 11 is 1.74. The Morgan fingerprint density at radius 3 is 2.83 bits per heavy atom. The van der Waals surface area contributed by atoms with Crippen LogP contribution < -0.4 is 4.74 Å². The summed E-state index contributed by atoms with van der Waals surface area (Å²) in [5.74, 6) is 2.23. The van der Waals surface area contributed by atoms with Gasteiger partial charge in [-0.05, 0) is 36.4 Å². The maximum atomic E-state index is 5.41. The maximum absolute atomic E-state index is 5.41. The normalized spacial score (nSPS) is 14.0. The highest BCUT2D eigenvalue weighted by Gasteiger charge is 2.20. The minimum atomic E-state index is 0.661. The Morgan fingerprint density at radius 2 is 2.03 bits per heavy atom. The Morgan fingerprint density at radius 1 is 1.14 bits per heavy atom. The fourth-order valence-electron chi connectivity index (χ4n) is 3.50. The summed E-state index contributed by atoms with van der Waals surface area (Å²) in [7, 11) is 1.68. The second kappa shape index (κ2) is 7.77. The molecule has 1 aromatic carbocycles. The number of fused-ring (bicyclic) bond motifs is 1. The molecule has 6 nitrogen and oxygen atoms in total. The Balaban J connectivity index is 1.27. The van der Waals surface area contributed by atoms with Gasteiger partial charge in [0.15, 0.2) is 11.6 Å². The standard InChI is InChI=1S/C22H20N4O2S/c1-27-17-6-4-15(5-7-17)22-24-12-18(29-22)14-26-9-8-19-16(13-26)11-23-21(25-19)20-3-2-10-28-20/h2-7,10-12H,8-9,13-14H2,1H3.